The zero-order chi connectivity index (χ0) is 19.9. The van der Waals surface area contributed by atoms with Crippen LogP contribution in [0.1, 0.15) is 15.9 Å². The van der Waals surface area contributed by atoms with E-state index in [0.717, 1.165) is 11.1 Å². The van der Waals surface area contributed by atoms with Crippen LogP contribution < -0.4 is 11.1 Å². The Balaban J connectivity index is 1.89. The van der Waals surface area contributed by atoms with Crippen LogP contribution in [0.3, 0.4) is 0 Å². The number of nitrogens with two attached hydrogens (primary N) is 1. The number of hydrogen-bond donors (Lipinski definition) is 2. The molecule has 0 aliphatic rings. The van der Waals surface area contributed by atoms with E-state index in [2.05, 4.69) is 5.32 Å². The van der Waals surface area contributed by atoms with Gasteiger partial charge in [-0.3, -0.25) is 4.79 Å². The Kier molecular flexibility index (Phi) is 6.07. The fraction of sp³-hybridized carbons (Fsp3) is 0.130. The predicted molar refractivity (Wildman–Crippen MR) is 110 cm³/mol. The lowest BCUT2D eigenvalue weighted by molar-refractivity contribution is -0.142. The second kappa shape index (κ2) is 8.86. The number of carbonyl (C=O) groups is 2. The van der Waals surface area contributed by atoms with E-state index in [-0.39, 0.29) is 5.91 Å². The number of hydrogen-bond acceptors (Lipinski definition) is 4. The molecule has 142 valence electrons. The minimum Gasteiger partial charge on any atom is -0.467 e. The maximum Gasteiger partial charge on any atom is 0.328 e. The molecule has 3 aromatic rings. The molecule has 1 atom stereocenters. The highest BCUT2D eigenvalue weighted by Crippen LogP contribution is 2.26. The molecule has 0 aliphatic carbocycles. The maximum atomic E-state index is 13.0. The minimum absolute atomic E-state index is 0.342. The number of esters is 1. The summed E-state index contributed by atoms with van der Waals surface area (Å²) in [6, 6.07) is 23.3. The highest BCUT2D eigenvalue weighted by Gasteiger charge is 2.24. The van der Waals surface area contributed by atoms with E-state index >= 15 is 0 Å². The molecule has 0 bridgehead atoms. The van der Waals surface area contributed by atoms with Crippen molar-refractivity contribution in [2.45, 2.75) is 12.5 Å². The fourth-order valence-corrected chi connectivity index (χ4v) is 3.04. The normalized spacial score (nSPS) is 11.5. The van der Waals surface area contributed by atoms with Gasteiger partial charge in [-0.25, -0.2) is 4.79 Å². The monoisotopic (exact) mass is 374 g/mol. The number of methoxy groups -OCH3 is 1. The summed E-state index contributed by atoms with van der Waals surface area (Å²) in [6.07, 6.45) is 0.342. The van der Waals surface area contributed by atoms with Gasteiger partial charge in [0, 0.05) is 17.7 Å². The van der Waals surface area contributed by atoms with Gasteiger partial charge in [0.05, 0.1) is 7.11 Å². The van der Waals surface area contributed by atoms with Crippen LogP contribution in [0.15, 0.2) is 78.9 Å². The van der Waals surface area contributed by atoms with E-state index in [1.807, 2.05) is 60.7 Å². The minimum atomic E-state index is -0.791. The van der Waals surface area contributed by atoms with Gasteiger partial charge in [0.25, 0.3) is 5.91 Å². The Bertz CT molecular complexity index is 956. The van der Waals surface area contributed by atoms with Gasteiger partial charge in [-0.05, 0) is 34.9 Å². The van der Waals surface area contributed by atoms with Crippen molar-refractivity contribution in [2.24, 2.45) is 0 Å². The second-order valence-electron chi connectivity index (χ2n) is 6.41. The SMILES string of the molecule is COC(=O)C(Cc1ccccc1)NC(=O)c1ccc(N)cc1-c1ccccc1. The van der Waals surface area contributed by atoms with E-state index in [1.54, 1.807) is 18.2 Å². The van der Waals surface area contributed by atoms with E-state index in [1.165, 1.54) is 7.11 Å². The molecule has 3 rings (SSSR count). The Morgan fingerprint density at radius 3 is 2.25 bits per heavy atom. The van der Waals surface area contributed by atoms with Crippen LogP contribution in [0.25, 0.3) is 11.1 Å². The zero-order valence-corrected chi connectivity index (χ0v) is 15.6. The molecule has 28 heavy (non-hydrogen) atoms. The van der Waals surface area contributed by atoms with Crippen molar-refractivity contribution in [3.05, 3.63) is 90.0 Å². The number of anilines is 1. The van der Waals surface area contributed by atoms with Crippen LogP contribution in [0.5, 0.6) is 0 Å². The molecule has 0 heterocycles. The Morgan fingerprint density at radius 1 is 0.964 bits per heavy atom. The average Bonchev–Trinajstić information content (AvgIpc) is 2.74. The quantitative estimate of drug-likeness (QED) is 0.511. The molecule has 0 saturated heterocycles. The molecule has 5 nitrogen and oxygen atoms in total. The van der Waals surface area contributed by atoms with Crippen molar-refractivity contribution in [1.29, 1.82) is 0 Å². The summed E-state index contributed by atoms with van der Waals surface area (Å²) < 4.78 is 4.88. The number of carbonyl (C=O) groups excluding carboxylic acids is 2. The van der Waals surface area contributed by atoms with Crippen molar-refractivity contribution in [3.63, 3.8) is 0 Å². The average molecular weight is 374 g/mol. The molecule has 3 aromatic carbocycles. The number of ether oxygens (including phenoxy) is 1. The summed E-state index contributed by atoms with van der Waals surface area (Å²) in [6.45, 7) is 0. The maximum absolute atomic E-state index is 13.0. The molecule has 1 unspecified atom stereocenters. The first-order valence-electron chi connectivity index (χ1n) is 8.96. The Labute approximate surface area is 164 Å². The van der Waals surface area contributed by atoms with Gasteiger partial charge >= 0.3 is 5.97 Å². The van der Waals surface area contributed by atoms with Crippen molar-refractivity contribution in [3.8, 4) is 11.1 Å². The molecule has 1 amide bonds. The van der Waals surface area contributed by atoms with Gasteiger partial charge in [-0.1, -0.05) is 60.7 Å². The number of rotatable bonds is 6. The van der Waals surface area contributed by atoms with Gasteiger partial charge < -0.3 is 15.8 Å². The standard InChI is InChI=1S/C23H22N2O3/c1-28-23(27)21(14-16-8-4-2-5-9-16)25-22(26)19-13-12-18(24)15-20(19)17-10-6-3-7-11-17/h2-13,15,21H,14,24H2,1H3,(H,25,26). The summed E-state index contributed by atoms with van der Waals surface area (Å²) in [5.74, 6) is -0.848. The lowest BCUT2D eigenvalue weighted by Crippen LogP contribution is -2.43. The van der Waals surface area contributed by atoms with Crippen LogP contribution in [-0.2, 0) is 16.0 Å². The van der Waals surface area contributed by atoms with E-state index in [4.69, 9.17) is 10.5 Å². The predicted octanol–water partition coefficient (Wildman–Crippen LogP) is 3.45. The fourth-order valence-electron chi connectivity index (χ4n) is 3.04. The first kappa shape index (κ1) is 19.2. The summed E-state index contributed by atoms with van der Waals surface area (Å²) in [5.41, 5.74) is 9.45. The van der Waals surface area contributed by atoms with Gasteiger partial charge in [0.1, 0.15) is 6.04 Å². The van der Waals surface area contributed by atoms with Crippen LogP contribution in [0.2, 0.25) is 0 Å². The highest BCUT2D eigenvalue weighted by atomic mass is 16.5. The molecule has 0 aliphatic heterocycles. The summed E-state index contributed by atoms with van der Waals surface area (Å²) >= 11 is 0. The van der Waals surface area contributed by atoms with Gasteiger partial charge in [0.2, 0.25) is 0 Å². The third kappa shape index (κ3) is 4.57. The third-order valence-corrected chi connectivity index (χ3v) is 4.45. The Hall–Kier alpha value is -3.60. The van der Waals surface area contributed by atoms with Crippen molar-refractivity contribution in [2.75, 3.05) is 12.8 Å². The lowest BCUT2D eigenvalue weighted by Gasteiger charge is -2.18. The van der Waals surface area contributed by atoms with Crippen LogP contribution in [-0.4, -0.2) is 25.0 Å². The zero-order valence-electron chi connectivity index (χ0n) is 15.6. The summed E-state index contributed by atoms with van der Waals surface area (Å²) in [5, 5.41) is 2.81. The van der Waals surface area contributed by atoms with Gasteiger partial charge in [-0.15, -0.1) is 0 Å². The number of nitrogen functional groups attached to an aromatic ring is 1. The molecule has 0 radical (unpaired) electrons. The molecule has 0 spiro atoms. The molecule has 0 saturated carbocycles. The largest absolute Gasteiger partial charge is 0.467 e. The number of benzene rings is 3. The Morgan fingerprint density at radius 2 is 1.61 bits per heavy atom. The van der Waals surface area contributed by atoms with Crippen LogP contribution >= 0.6 is 0 Å². The van der Waals surface area contributed by atoms with E-state index in [0.29, 0.717) is 23.2 Å². The number of amides is 1. The smallest absolute Gasteiger partial charge is 0.328 e. The summed E-state index contributed by atoms with van der Waals surface area (Å²) in [4.78, 5) is 25.2. The van der Waals surface area contributed by atoms with Gasteiger partial charge in [-0.2, -0.15) is 0 Å². The summed E-state index contributed by atoms with van der Waals surface area (Å²) in [7, 11) is 1.31. The van der Waals surface area contributed by atoms with E-state index in [9.17, 15) is 9.59 Å². The lowest BCUT2D eigenvalue weighted by atomic mass is 9.97. The van der Waals surface area contributed by atoms with Crippen molar-refractivity contribution < 1.29 is 14.3 Å². The first-order chi connectivity index (χ1) is 13.6. The van der Waals surface area contributed by atoms with Crippen LogP contribution in [0.4, 0.5) is 5.69 Å². The third-order valence-electron chi connectivity index (χ3n) is 4.45. The molecule has 0 aromatic heterocycles. The number of nitrogens with one attached hydrogen (secondary N) is 1. The molecule has 0 fully saturated rings. The van der Waals surface area contributed by atoms with Crippen molar-refractivity contribution >= 4 is 17.6 Å². The van der Waals surface area contributed by atoms with Crippen molar-refractivity contribution in [1.82, 2.24) is 5.32 Å². The van der Waals surface area contributed by atoms with Gasteiger partial charge in [0.15, 0.2) is 0 Å². The molecular formula is C23H22N2O3. The molecular weight excluding hydrogens is 352 g/mol. The topological polar surface area (TPSA) is 81.4 Å². The van der Waals surface area contributed by atoms with E-state index < -0.39 is 12.0 Å². The second-order valence-corrected chi connectivity index (χ2v) is 6.41. The molecule has 5 heteroatoms. The van der Waals surface area contributed by atoms with Crippen LogP contribution in [0, 0.1) is 0 Å². The first-order valence-corrected chi connectivity index (χ1v) is 8.96. The highest BCUT2D eigenvalue weighted by molar-refractivity contribution is 6.03. The molecule has 3 N–H and O–H groups in total.